The van der Waals surface area contributed by atoms with Crippen LogP contribution in [0.25, 0.3) is 0 Å². The van der Waals surface area contributed by atoms with Crippen LogP contribution in [0.15, 0.2) is 60.7 Å². The Bertz CT molecular complexity index is 1190. The Morgan fingerprint density at radius 2 is 1.63 bits per heavy atom. The molecule has 1 N–H and O–H groups in total. The minimum Gasteiger partial charge on any atom is -0.497 e. The number of imide groups is 1. The average molecular weight is 473 g/mol. The molecule has 4 aliphatic carbocycles. The zero-order valence-electron chi connectivity index (χ0n) is 19.7. The molecule has 2 aromatic rings. The van der Waals surface area contributed by atoms with Gasteiger partial charge in [0, 0.05) is 12.5 Å². The highest BCUT2D eigenvalue weighted by Crippen LogP contribution is 2.65. The second-order valence-corrected chi connectivity index (χ2v) is 9.96. The lowest BCUT2D eigenvalue weighted by atomic mass is 9.63. The van der Waals surface area contributed by atoms with Crippen molar-refractivity contribution in [1.29, 1.82) is 0 Å². The second kappa shape index (κ2) is 8.26. The first-order valence-electron chi connectivity index (χ1n) is 12.1. The van der Waals surface area contributed by atoms with Crippen molar-refractivity contribution < 1.29 is 23.9 Å². The third-order valence-electron chi connectivity index (χ3n) is 8.25. The first-order chi connectivity index (χ1) is 17.0. The largest absolute Gasteiger partial charge is 0.497 e. The van der Waals surface area contributed by atoms with Crippen molar-refractivity contribution in [1.82, 2.24) is 4.90 Å². The number of hydrogen-bond acceptors (Lipinski definition) is 5. The first kappa shape index (κ1) is 21.9. The van der Waals surface area contributed by atoms with E-state index in [9.17, 15) is 14.4 Å². The number of hydrogen-bond donors (Lipinski definition) is 1. The van der Waals surface area contributed by atoms with Gasteiger partial charge in [-0.25, -0.2) is 0 Å². The van der Waals surface area contributed by atoms with Crippen LogP contribution in [-0.4, -0.2) is 42.9 Å². The number of benzene rings is 2. The number of carbonyl (C=O) groups is 3. The van der Waals surface area contributed by atoms with E-state index in [-0.39, 0.29) is 41.9 Å². The van der Waals surface area contributed by atoms with E-state index in [0.717, 1.165) is 12.0 Å². The topological polar surface area (TPSA) is 84.9 Å². The maximum Gasteiger partial charge on any atom is 0.248 e. The Kier molecular flexibility index (Phi) is 5.16. The molecule has 0 aromatic heterocycles. The van der Waals surface area contributed by atoms with Crippen LogP contribution in [0.1, 0.15) is 12.0 Å². The highest BCUT2D eigenvalue weighted by molar-refractivity contribution is 6.11. The average Bonchev–Trinajstić information content (AvgIpc) is 3.67. The molecule has 0 unspecified atom stereocenters. The molecule has 3 fully saturated rings. The molecule has 1 aliphatic heterocycles. The van der Waals surface area contributed by atoms with Gasteiger partial charge in [-0.05, 0) is 47.8 Å². The Morgan fingerprint density at radius 3 is 2.23 bits per heavy atom. The van der Waals surface area contributed by atoms with Crippen LogP contribution in [0, 0.1) is 35.5 Å². The molecule has 1 heterocycles. The lowest BCUT2D eigenvalue weighted by Crippen LogP contribution is -2.49. The summed E-state index contributed by atoms with van der Waals surface area (Å²) in [4.78, 5) is 42.5. The zero-order chi connectivity index (χ0) is 24.3. The van der Waals surface area contributed by atoms with Crippen molar-refractivity contribution in [2.24, 2.45) is 35.5 Å². The Labute approximate surface area is 204 Å². The molecule has 7 nitrogen and oxygen atoms in total. The number of allylic oxidation sites excluding steroid dienone is 2. The lowest BCUT2D eigenvalue weighted by molar-refractivity contribution is -0.146. The van der Waals surface area contributed by atoms with Gasteiger partial charge in [-0.2, -0.15) is 0 Å². The summed E-state index contributed by atoms with van der Waals surface area (Å²) in [6.07, 6.45) is 5.63. The number of nitrogens with zero attached hydrogens (tertiary/aromatic N) is 1. The molecule has 7 heteroatoms. The fourth-order valence-corrected chi connectivity index (χ4v) is 6.54. The summed E-state index contributed by atoms with van der Waals surface area (Å²) in [7, 11) is 3.07. The maximum atomic E-state index is 13.7. The summed E-state index contributed by atoms with van der Waals surface area (Å²) in [5.41, 5.74) is 1.34. The van der Waals surface area contributed by atoms with Gasteiger partial charge in [-0.1, -0.05) is 42.5 Å². The van der Waals surface area contributed by atoms with Crippen LogP contribution in [-0.2, 0) is 20.8 Å². The molecule has 2 aromatic carbocycles. The molecule has 180 valence electrons. The summed E-state index contributed by atoms with van der Waals surface area (Å²) in [6.45, 7) is 0. The molecular formula is C28H28N2O5. The summed E-state index contributed by atoms with van der Waals surface area (Å²) >= 11 is 0. The number of methoxy groups -OCH3 is 2. The van der Waals surface area contributed by atoms with Gasteiger partial charge in [0.05, 0.1) is 31.7 Å². The van der Waals surface area contributed by atoms with Gasteiger partial charge in [0.1, 0.15) is 17.5 Å². The van der Waals surface area contributed by atoms with Crippen molar-refractivity contribution in [3.05, 3.63) is 66.2 Å². The molecular weight excluding hydrogens is 444 g/mol. The Hall–Kier alpha value is -3.61. The van der Waals surface area contributed by atoms with Gasteiger partial charge in [0.15, 0.2) is 0 Å². The Balaban J connectivity index is 1.33. The SMILES string of the molecule is COc1ccc(NC(=O)[C@H](Cc2ccccc2)N2C(=O)[C@@H]3[C@H]4C=C[C@@H]([C@@H]5C[C@@H]45)[C@H]3C2=O)c(OC)c1. The zero-order valence-corrected chi connectivity index (χ0v) is 19.7. The number of anilines is 1. The predicted octanol–water partition coefficient (Wildman–Crippen LogP) is 3.31. The highest BCUT2D eigenvalue weighted by atomic mass is 16.5. The summed E-state index contributed by atoms with van der Waals surface area (Å²) in [6, 6.07) is 13.6. The monoisotopic (exact) mass is 472 g/mol. The molecule has 3 amide bonds. The van der Waals surface area contributed by atoms with E-state index in [1.165, 1.54) is 12.0 Å². The number of carbonyl (C=O) groups excluding carboxylic acids is 3. The smallest absolute Gasteiger partial charge is 0.248 e. The third kappa shape index (κ3) is 3.44. The van der Waals surface area contributed by atoms with E-state index in [2.05, 4.69) is 17.5 Å². The summed E-state index contributed by atoms with van der Waals surface area (Å²) in [5, 5.41) is 2.91. The van der Waals surface area contributed by atoms with E-state index in [1.54, 1.807) is 25.3 Å². The molecule has 0 radical (unpaired) electrons. The van der Waals surface area contributed by atoms with Gasteiger partial charge in [-0.3, -0.25) is 19.3 Å². The maximum absolute atomic E-state index is 13.7. The number of nitrogens with one attached hydrogen (secondary N) is 1. The fourth-order valence-electron chi connectivity index (χ4n) is 6.54. The molecule has 5 aliphatic rings. The van der Waals surface area contributed by atoms with Gasteiger partial charge >= 0.3 is 0 Å². The summed E-state index contributed by atoms with van der Waals surface area (Å²) < 4.78 is 10.7. The molecule has 7 atom stereocenters. The second-order valence-electron chi connectivity index (χ2n) is 9.96. The van der Waals surface area contributed by atoms with Crippen LogP contribution in [0.2, 0.25) is 0 Å². The van der Waals surface area contributed by atoms with Crippen molar-refractivity contribution in [2.45, 2.75) is 18.9 Å². The molecule has 7 rings (SSSR count). The molecule has 1 saturated heterocycles. The van der Waals surface area contributed by atoms with Gasteiger partial charge in [0.25, 0.3) is 0 Å². The minimum absolute atomic E-state index is 0.110. The quantitative estimate of drug-likeness (QED) is 0.494. The third-order valence-corrected chi connectivity index (χ3v) is 8.25. The van der Waals surface area contributed by atoms with Gasteiger partial charge in [0.2, 0.25) is 17.7 Å². The number of ether oxygens (including phenoxy) is 2. The molecule has 2 bridgehead atoms. The van der Waals surface area contributed by atoms with E-state index in [1.807, 2.05) is 30.3 Å². The van der Waals surface area contributed by atoms with Crippen LogP contribution in [0.3, 0.4) is 0 Å². The predicted molar refractivity (Wildman–Crippen MR) is 129 cm³/mol. The van der Waals surface area contributed by atoms with E-state index >= 15 is 0 Å². The van der Waals surface area contributed by atoms with Crippen molar-refractivity contribution in [3.63, 3.8) is 0 Å². The van der Waals surface area contributed by atoms with Crippen LogP contribution >= 0.6 is 0 Å². The fraction of sp³-hybridized carbons (Fsp3) is 0.393. The van der Waals surface area contributed by atoms with Crippen LogP contribution < -0.4 is 14.8 Å². The highest BCUT2D eigenvalue weighted by Gasteiger charge is 2.67. The minimum atomic E-state index is -0.953. The Morgan fingerprint density at radius 1 is 0.971 bits per heavy atom. The van der Waals surface area contributed by atoms with Gasteiger partial charge < -0.3 is 14.8 Å². The standard InChI is InChI=1S/C28H28N2O5/c1-34-16-8-11-21(23(13-16)35-2)29-26(31)22(12-15-6-4-3-5-7-15)30-27(32)24-17-9-10-18(20-14-19(17)20)25(24)28(30)33/h3-11,13,17-20,22,24-25H,12,14H2,1-2H3,(H,29,31)/t17-,18-,19-,20-,22-,24+,25+/m0/s1. The van der Waals surface area contributed by atoms with Crippen molar-refractivity contribution in [3.8, 4) is 11.5 Å². The first-order valence-corrected chi connectivity index (χ1v) is 12.1. The van der Waals surface area contributed by atoms with Crippen LogP contribution in [0.4, 0.5) is 5.69 Å². The number of rotatable bonds is 7. The molecule has 2 saturated carbocycles. The van der Waals surface area contributed by atoms with E-state index < -0.39 is 11.9 Å². The number of amides is 3. The molecule has 0 spiro atoms. The summed E-state index contributed by atoms with van der Waals surface area (Å²) in [5.74, 6) is 0.749. The normalized spacial score (nSPS) is 30.5. The lowest BCUT2D eigenvalue weighted by Gasteiger charge is -2.37. The van der Waals surface area contributed by atoms with Crippen molar-refractivity contribution in [2.75, 3.05) is 19.5 Å². The number of likely N-dealkylation sites (tertiary alicyclic amines) is 1. The van der Waals surface area contributed by atoms with Gasteiger partial charge in [-0.15, -0.1) is 0 Å². The van der Waals surface area contributed by atoms with E-state index in [4.69, 9.17) is 9.47 Å². The van der Waals surface area contributed by atoms with Crippen molar-refractivity contribution >= 4 is 23.4 Å². The van der Waals surface area contributed by atoms with E-state index in [0.29, 0.717) is 29.0 Å². The molecule has 35 heavy (non-hydrogen) atoms. The van der Waals surface area contributed by atoms with Crippen LogP contribution in [0.5, 0.6) is 11.5 Å².